The second-order valence-electron chi connectivity index (χ2n) is 4.51. The largest absolute Gasteiger partial charge is 0.356 e. The van der Waals surface area contributed by atoms with E-state index in [1.807, 2.05) is 43.9 Å². The predicted octanol–water partition coefficient (Wildman–Crippen LogP) is 3.12. The van der Waals surface area contributed by atoms with Crippen LogP contribution in [0.1, 0.15) is 16.7 Å². The summed E-state index contributed by atoms with van der Waals surface area (Å²) in [5.41, 5.74) is 3.42. The van der Waals surface area contributed by atoms with Gasteiger partial charge in [-0.05, 0) is 38.0 Å². The van der Waals surface area contributed by atoms with Crippen molar-refractivity contribution < 1.29 is 4.21 Å². The molecular weight excluding hydrogens is 230 g/mol. The fraction of sp³-hybridized carbons (Fsp3) is 0.286. The summed E-state index contributed by atoms with van der Waals surface area (Å²) in [5, 5.41) is 0. The Morgan fingerprint density at radius 1 is 1.12 bits per heavy atom. The Morgan fingerprint density at radius 3 is 2.18 bits per heavy atom. The monoisotopic (exact) mass is 247 g/mol. The van der Waals surface area contributed by atoms with Crippen LogP contribution in [0.2, 0.25) is 0 Å². The number of aromatic nitrogens is 1. The van der Waals surface area contributed by atoms with E-state index in [0.717, 1.165) is 20.9 Å². The fourth-order valence-electron chi connectivity index (χ4n) is 2.16. The minimum absolute atomic E-state index is 0.863. The maximum Gasteiger partial charge on any atom is 0.0870 e. The van der Waals surface area contributed by atoms with E-state index in [2.05, 4.69) is 19.1 Å². The molecule has 2 aromatic rings. The first-order valence-electron chi connectivity index (χ1n) is 5.60. The third kappa shape index (κ3) is 2.34. The van der Waals surface area contributed by atoms with E-state index in [1.165, 1.54) is 5.56 Å². The molecule has 1 atom stereocenters. The lowest BCUT2D eigenvalue weighted by atomic mass is 10.1. The summed E-state index contributed by atoms with van der Waals surface area (Å²) in [6.07, 6.45) is 3.83. The number of hydrogen-bond acceptors (Lipinski definition) is 1. The summed E-state index contributed by atoms with van der Waals surface area (Å²) in [6, 6.07) is 6.08. The lowest BCUT2D eigenvalue weighted by Gasteiger charge is -2.09. The first kappa shape index (κ1) is 12.1. The highest BCUT2D eigenvalue weighted by Gasteiger charge is 2.14. The number of benzene rings is 1. The van der Waals surface area contributed by atoms with Gasteiger partial charge >= 0.3 is 0 Å². The van der Waals surface area contributed by atoms with Crippen molar-refractivity contribution in [1.29, 1.82) is 0 Å². The van der Waals surface area contributed by atoms with Crippen LogP contribution in [0.25, 0.3) is 0 Å². The number of hydrogen-bond donors (Lipinski definition) is 0. The van der Waals surface area contributed by atoms with Crippen LogP contribution in [0.15, 0.2) is 40.4 Å². The average Bonchev–Trinajstić information content (AvgIpc) is 2.63. The number of nitrogens with zero attached hydrogens (tertiary/aromatic N) is 1. The van der Waals surface area contributed by atoms with Crippen LogP contribution in [-0.2, 0) is 17.8 Å². The minimum atomic E-state index is -1.08. The summed E-state index contributed by atoms with van der Waals surface area (Å²) < 4.78 is 14.4. The van der Waals surface area contributed by atoms with Crippen molar-refractivity contribution >= 4 is 10.8 Å². The Hall–Kier alpha value is -1.35. The first-order valence-corrected chi connectivity index (χ1v) is 6.75. The van der Waals surface area contributed by atoms with Gasteiger partial charge in [-0.1, -0.05) is 17.7 Å². The van der Waals surface area contributed by atoms with Gasteiger partial charge in [-0.2, -0.15) is 0 Å². The molecule has 1 aromatic heterocycles. The second-order valence-corrected chi connectivity index (χ2v) is 5.93. The van der Waals surface area contributed by atoms with Gasteiger partial charge in [0, 0.05) is 24.3 Å². The highest BCUT2D eigenvalue weighted by molar-refractivity contribution is 7.85. The lowest BCUT2D eigenvalue weighted by Crippen LogP contribution is -1.99. The molecule has 2 nitrogen and oxygen atoms in total. The normalized spacial score (nSPS) is 12.7. The molecule has 0 saturated carbocycles. The highest BCUT2D eigenvalue weighted by Crippen LogP contribution is 2.24. The highest BCUT2D eigenvalue weighted by atomic mass is 32.2. The third-order valence-corrected chi connectivity index (χ3v) is 4.49. The van der Waals surface area contributed by atoms with Crippen LogP contribution >= 0.6 is 0 Å². The van der Waals surface area contributed by atoms with Crippen LogP contribution in [0.4, 0.5) is 0 Å². The maximum atomic E-state index is 12.5. The van der Waals surface area contributed by atoms with Crippen molar-refractivity contribution in [1.82, 2.24) is 4.57 Å². The van der Waals surface area contributed by atoms with Crippen molar-refractivity contribution in [2.45, 2.75) is 30.6 Å². The average molecular weight is 247 g/mol. The van der Waals surface area contributed by atoms with Gasteiger partial charge in [-0.3, -0.25) is 0 Å². The molecule has 0 spiro atoms. The van der Waals surface area contributed by atoms with E-state index in [0.29, 0.717) is 0 Å². The van der Waals surface area contributed by atoms with Crippen molar-refractivity contribution in [3.05, 3.63) is 47.3 Å². The van der Waals surface area contributed by atoms with Crippen LogP contribution in [0.3, 0.4) is 0 Å². The maximum absolute atomic E-state index is 12.5. The summed E-state index contributed by atoms with van der Waals surface area (Å²) in [5.74, 6) is 0. The minimum Gasteiger partial charge on any atom is -0.356 e. The molecule has 17 heavy (non-hydrogen) atoms. The molecule has 0 saturated heterocycles. The van der Waals surface area contributed by atoms with Crippen LogP contribution in [0, 0.1) is 20.8 Å². The molecule has 0 aliphatic carbocycles. The molecule has 0 aliphatic rings. The second kappa shape index (κ2) is 4.49. The van der Waals surface area contributed by atoms with E-state index < -0.39 is 10.8 Å². The molecule has 0 N–H and O–H groups in total. The Balaban J connectivity index is 2.51. The Labute approximate surface area is 105 Å². The first-order chi connectivity index (χ1) is 7.99. The molecule has 1 unspecified atom stereocenters. The van der Waals surface area contributed by atoms with E-state index >= 15 is 0 Å². The van der Waals surface area contributed by atoms with E-state index in [9.17, 15) is 4.21 Å². The Kier molecular flexibility index (Phi) is 3.20. The molecule has 0 bridgehead atoms. The molecule has 0 radical (unpaired) electrons. The fourth-order valence-corrected chi connectivity index (χ4v) is 3.55. The number of rotatable bonds is 2. The van der Waals surface area contributed by atoms with Crippen molar-refractivity contribution in [3.63, 3.8) is 0 Å². The van der Waals surface area contributed by atoms with Gasteiger partial charge in [-0.25, -0.2) is 4.21 Å². The van der Waals surface area contributed by atoms with Gasteiger partial charge in [0.15, 0.2) is 0 Å². The van der Waals surface area contributed by atoms with Gasteiger partial charge in [0.2, 0.25) is 0 Å². The standard InChI is InChI=1S/C14H17NOS/c1-10-7-11(2)14(12(3)8-10)17(16)13-5-6-15(4)9-13/h5-9H,1-4H3. The quantitative estimate of drug-likeness (QED) is 0.799. The predicted molar refractivity (Wildman–Crippen MR) is 70.7 cm³/mol. The summed E-state index contributed by atoms with van der Waals surface area (Å²) >= 11 is 0. The van der Waals surface area contributed by atoms with Crippen molar-refractivity contribution in [2.75, 3.05) is 0 Å². The Bertz CT molecular complexity index is 561. The van der Waals surface area contributed by atoms with Gasteiger partial charge in [0.25, 0.3) is 0 Å². The van der Waals surface area contributed by atoms with Gasteiger partial charge in [0.05, 0.1) is 15.7 Å². The zero-order valence-electron chi connectivity index (χ0n) is 10.7. The molecule has 0 aliphatic heterocycles. The molecule has 0 fully saturated rings. The summed E-state index contributed by atoms with van der Waals surface area (Å²) in [6.45, 7) is 6.11. The van der Waals surface area contributed by atoms with E-state index in [-0.39, 0.29) is 0 Å². The smallest absolute Gasteiger partial charge is 0.0870 e. The zero-order valence-corrected chi connectivity index (χ0v) is 11.5. The van der Waals surface area contributed by atoms with Crippen molar-refractivity contribution in [3.8, 4) is 0 Å². The topological polar surface area (TPSA) is 22.0 Å². The van der Waals surface area contributed by atoms with Gasteiger partial charge in [-0.15, -0.1) is 0 Å². The Morgan fingerprint density at radius 2 is 1.71 bits per heavy atom. The van der Waals surface area contributed by atoms with Gasteiger partial charge in [0.1, 0.15) is 0 Å². The lowest BCUT2D eigenvalue weighted by molar-refractivity contribution is 0.682. The van der Waals surface area contributed by atoms with Crippen molar-refractivity contribution in [2.24, 2.45) is 7.05 Å². The summed E-state index contributed by atoms with van der Waals surface area (Å²) in [7, 11) is 0.862. The molecule has 3 heteroatoms. The van der Waals surface area contributed by atoms with Crippen LogP contribution in [0.5, 0.6) is 0 Å². The zero-order chi connectivity index (χ0) is 12.6. The van der Waals surface area contributed by atoms with Crippen LogP contribution < -0.4 is 0 Å². The molecule has 1 heterocycles. The van der Waals surface area contributed by atoms with Gasteiger partial charge < -0.3 is 4.57 Å². The molecule has 1 aromatic carbocycles. The third-order valence-electron chi connectivity index (χ3n) is 2.81. The molecular formula is C14H17NOS. The SMILES string of the molecule is Cc1cc(C)c(S(=O)c2ccn(C)c2)c(C)c1. The summed E-state index contributed by atoms with van der Waals surface area (Å²) in [4.78, 5) is 1.81. The van der Waals surface area contributed by atoms with E-state index in [4.69, 9.17) is 0 Å². The van der Waals surface area contributed by atoms with Crippen LogP contribution in [-0.4, -0.2) is 8.78 Å². The van der Waals surface area contributed by atoms with E-state index in [1.54, 1.807) is 0 Å². The number of aryl methyl sites for hydroxylation is 4. The molecule has 2 rings (SSSR count). The molecule has 90 valence electrons. The molecule has 0 amide bonds.